The molecular formula is C12H16NO. The molecule has 1 radical (unpaired) electrons. The molecule has 0 aliphatic heterocycles. The zero-order valence-electron chi connectivity index (χ0n) is 9.00. The standard InChI is InChI=1S/C12H16NO/c1-4-8-14-13-11(3)12-7-5-6-10(2)9-12/h5,7,9H,4,8H2,1-3H3. The molecule has 14 heavy (non-hydrogen) atoms. The van der Waals surface area contributed by atoms with E-state index in [1.165, 1.54) is 0 Å². The van der Waals surface area contributed by atoms with Gasteiger partial charge in [-0.2, -0.15) is 0 Å². The molecule has 1 aromatic carbocycles. The van der Waals surface area contributed by atoms with Gasteiger partial charge in [-0.3, -0.25) is 0 Å². The van der Waals surface area contributed by atoms with Crippen LogP contribution in [0.2, 0.25) is 0 Å². The third kappa shape index (κ3) is 3.21. The summed E-state index contributed by atoms with van der Waals surface area (Å²) in [5.74, 6) is 0. The first kappa shape index (κ1) is 10.8. The summed E-state index contributed by atoms with van der Waals surface area (Å²) in [5.41, 5.74) is 3.13. The van der Waals surface area contributed by atoms with Crippen molar-refractivity contribution in [2.75, 3.05) is 6.61 Å². The van der Waals surface area contributed by atoms with Crippen LogP contribution in [-0.2, 0) is 4.84 Å². The smallest absolute Gasteiger partial charge is 0.116 e. The van der Waals surface area contributed by atoms with Crippen molar-refractivity contribution < 1.29 is 4.84 Å². The molecule has 2 heteroatoms. The lowest BCUT2D eigenvalue weighted by Crippen LogP contribution is -1.97. The molecule has 0 atom stereocenters. The molecule has 0 amide bonds. The van der Waals surface area contributed by atoms with Crippen molar-refractivity contribution >= 4 is 5.71 Å². The van der Waals surface area contributed by atoms with E-state index in [-0.39, 0.29) is 0 Å². The van der Waals surface area contributed by atoms with Crippen LogP contribution in [0.15, 0.2) is 23.4 Å². The summed E-state index contributed by atoms with van der Waals surface area (Å²) in [6, 6.07) is 9.04. The van der Waals surface area contributed by atoms with Crippen molar-refractivity contribution in [2.45, 2.75) is 27.2 Å². The molecule has 0 unspecified atom stereocenters. The zero-order chi connectivity index (χ0) is 10.4. The monoisotopic (exact) mass is 190 g/mol. The fourth-order valence-electron chi connectivity index (χ4n) is 1.10. The molecule has 0 N–H and O–H groups in total. The number of nitrogens with zero attached hydrogens (tertiary/aromatic N) is 1. The van der Waals surface area contributed by atoms with Gasteiger partial charge < -0.3 is 4.84 Å². The zero-order valence-corrected chi connectivity index (χ0v) is 9.00. The Balaban J connectivity index is 2.68. The minimum absolute atomic E-state index is 0.676. The number of oxime groups is 1. The lowest BCUT2D eigenvalue weighted by atomic mass is 10.1. The van der Waals surface area contributed by atoms with E-state index in [4.69, 9.17) is 4.84 Å². The first-order chi connectivity index (χ1) is 6.74. The average Bonchev–Trinajstić information content (AvgIpc) is 2.18. The Labute approximate surface area is 85.6 Å². The van der Waals surface area contributed by atoms with Crippen molar-refractivity contribution in [1.29, 1.82) is 0 Å². The maximum Gasteiger partial charge on any atom is 0.116 e. The maximum atomic E-state index is 5.12. The first-order valence-electron chi connectivity index (χ1n) is 4.89. The number of benzene rings is 1. The van der Waals surface area contributed by atoms with Crippen LogP contribution in [0, 0.1) is 13.0 Å². The van der Waals surface area contributed by atoms with E-state index in [0.717, 1.165) is 23.3 Å². The second-order valence-electron chi connectivity index (χ2n) is 3.27. The predicted molar refractivity (Wildman–Crippen MR) is 58.5 cm³/mol. The average molecular weight is 190 g/mol. The second kappa shape index (κ2) is 5.43. The maximum absolute atomic E-state index is 5.12. The van der Waals surface area contributed by atoms with Crippen molar-refractivity contribution in [3.63, 3.8) is 0 Å². The molecular weight excluding hydrogens is 174 g/mol. The van der Waals surface area contributed by atoms with Gasteiger partial charge in [0.2, 0.25) is 0 Å². The van der Waals surface area contributed by atoms with Crippen LogP contribution in [0.3, 0.4) is 0 Å². The van der Waals surface area contributed by atoms with Gasteiger partial charge in [0, 0.05) is 0 Å². The summed E-state index contributed by atoms with van der Waals surface area (Å²) in [5, 5.41) is 4.03. The van der Waals surface area contributed by atoms with Crippen molar-refractivity contribution in [3.05, 3.63) is 35.4 Å². The van der Waals surface area contributed by atoms with Gasteiger partial charge in [-0.05, 0) is 43.5 Å². The Bertz CT molecular complexity index is 318. The summed E-state index contributed by atoms with van der Waals surface area (Å²) in [6.07, 6.45) is 0.984. The molecule has 0 saturated heterocycles. The molecule has 75 valence electrons. The van der Waals surface area contributed by atoms with Crippen LogP contribution in [0.1, 0.15) is 31.4 Å². The molecule has 0 saturated carbocycles. The first-order valence-corrected chi connectivity index (χ1v) is 4.89. The largest absolute Gasteiger partial charge is 0.396 e. The van der Waals surface area contributed by atoms with Gasteiger partial charge in [-0.15, -0.1) is 0 Å². The summed E-state index contributed by atoms with van der Waals surface area (Å²) < 4.78 is 0. The van der Waals surface area contributed by atoms with Crippen LogP contribution in [0.25, 0.3) is 0 Å². The Morgan fingerprint density at radius 1 is 1.57 bits per heavy atom. The van der Waals surface area contributed by atoms with Crippen LogP contribution in [0.5, 0.6) is 0 Å². The van der Waals surface area contributed by atoms with Gasteiger partial charge >= 0.3 is 0 Å². The van der Waals surface area contributed by atoms with Gasteiger partial charge in [-0.25, -0.2) is 0 Å². The Kier molecular flexibility index (Phi) is 4.17. The number of aryl methyl sites for hydroxylation is 1. The quantitative estimate of drug-likeness (QED) is 0.406. The van der Waals surface area contributed by atoms with Crippen molar-refractivity contribution in [3.8, 4) is 0 Å². The molecule has 2 nitrogen and oxygen atoms in total. The van der Waals surface area contributed by atoms with E-state index in [9.17, 15) is 0 Å². The SMILES string of the molecule is CCCON=C(C)c1cc[c]c(C)c1. The van der Waals surface area contributed by atoms with E-state index < -0.39 is 0 Å². The van der Waals surface area contributed by atoms with Gasteiger partial charge in [0.05, 0.1) is 5.71 Å². The molecule has 1 aromatic rings. The summed E-state index contributed by atoms with van der Waals surface area (Å²) >= 11 is 0. The van der Waals surface area contributed by atoms with E-state index >= 15 is 0 Å². The minimum Gasteiger partial charge on any atom is -0.396 e. The predicted octanol–water partition coefficient (Wildman–Crippen LogP) is 2.95. The van der Waals surface area contributed by atoms with E-state index in [0.29, 0.717) is 6.61 Å². The molecule has 0 aliphatic carbocycles. The highest BCUT2D eigenvalue weighted by molar-refractivity contribution is 5.98. The Morgan fingerprint density at radius 3 is 3.00 bits per heavy atom. The summed E-state index contributed by atoms with van der Waals surface area (Å²) in [4.78, 5) is 5.12. The Hall–Kier alpha value is -1.31. The van der Waals surface area contributed by atoms with E-state index in [1.807, 2.05) is 32.0 Å². The van der Waals surface area contributed by atoms with Crippen LogP contribution in [-0.4, -0.2) is 12.3 Å². The highest BCUT2D eigenvalue weighted by atomic mass is 16.6. The number of rotatable bonds is 4. The normalized spacial score (nSPS) is 11.5. The van der Waals surface area contributed by atoms with Crippen molar-refractivity contribution in [2.24, 2.45) is 5.16 Å². The van der Waals surface area contributed by atoms with E-state index in [1.54, 1.807) is 0 Å². The fraction of sp³-hybridized carbons (Fsp3) is 0.417. The minimum atomic E-state index is 0.676. The molecule has 1 rings (SSSR count). The molecule has 0 aromatic heterocycles. The molecule has 0 spiro atoms. The number of hydrogen-bond acceptors (Lipinski definition) is 2. The number of hydrogen-bond donors (Lipinski definition) is 0. The van der Waals surface area contributed by atoms with Gasteiger partial charge in [0.25, 0.3) is 0 Å². The molecule has 0 fully saturated rings. The topological polar surface area (TPSA) is 21.6 Å². The molecule has 0 aliphatic rings. The summed E-state index contributed by atoms with van der Waals surface area (Å²) in [7, 11) is 0. The lowest BCUT2D eigenvalue weighted by Gasteiger charge is -2.01. The van der Waals surface area contributed by atoms with Crippen LogP contribution in [0.4, 0.5) is 0 Å². The third-order valence-electron chi connectivity index (χ3n) is 1.86. The van der Waals surface area contributed by atoms with E-state index in [2.05, 4.69) is 18.1 Å². The Morgan fingerprint density at radius 2 is 2.36 bits per heavy atom. The van der Waals surface area contributed by atoms with Crippen molar-refractivity contribution in [1.82, 2.24) is 0 Å². The highest BCUT2D eigenvalue weighted by Crippen LogP contribution is 2.05. The second-order valence-corrected chi connectivity index (χ2v) is 3.27. The van der Waals surface area contributed by atoms with Gasteiger partial charge in [0.15, 0.2) is 0 Å². The third-order valence-corrected chi connectivity index (χ3v) is 1.86. The van der Waals surface area contributed by atoms with Gasteiger partial charge in [-0.1, -0.05) is 24.2 Å². The highest BCUT2D eigenvalue weighted by Gasteiger charge is 1.97. The van der Waals surface area contributed by atoms with Crippen LogP contribution >= 0.6 is 0 Å². The molecule has 0 bridgehead atoms. The van der Waals surface area contributed by atoms with Crippen LogP contribution < -0.4 is 0 Å². The van der Waals surface area contributed by atoms with Gasteiger partial charge in [0.1, 0.15) is 6.61 Å². The fourth-order valence-corrected chi connectivity index (χ4v) is 1.10. The summed E-state index contributed by atoms with van der Waals surface area (Å²) in [6.45, 7) is 6.70. The molecule has 0 heterocycles. The lowest BCUT2D eigenvalue weighted by molar-refractivity contribution is 0.145.